The SMILES string of the molecule is CC(=O)OCC(C)(C)c1ccc(C(=O)CCCC2CCC(C(O)(c3ccccc3)c3ccccc3)CC2)cc1. The topological polar surface area (TPSA) is 63.6 Å². The third-order valence-corrected chi connectivity index (χ3v) is 8.51. The second-order valence-electron chi connectivity index (χ2n) is 11.8. The highest BCUT2D eigenvalue weighted by atomic mass is 16.5. The molecule has 0 spiro atoms. The fourth-order valence-corrected chi connectivity index (χ4v) is 6.06. The van der Waals surface area contributed by atoms with Gasteiger partial charge >= 0.3 is 5.97 Å². The van der Waals surface area contributed by atoms with Gasteiger partial charge in [-0.1, -0.05) is 118 Å². The minimum absolute atomic E-state index is 0.170. The third-order valence-electron chi connectivity index (χ3n) is 8.51. The molecular formula is C35H42O4. The van der Waals surface area contributed by atoms with E-state index in [1.165, 1.54) is 6.92 Å². The third kappa shape index (κ3) is 7.05. The molecule has 3 aromatic rings. The van der Waals surface area contributed by atoms with Crippen molar-refractivity contribution in [3.8, 4) is 0 Å². The molecule has 206 valence electrons. The van der Waals surface area contributed by atoms with Gasteiger partial charge in [-0.05, 0) is 47.8 Å². The zero-order valence-corrected chi connectivity index (χ0v) is 23.6. The first-order valence-electron chi connectivity index (χ1n) is 14.3. The predicted octanol–water partition coefficient (Wildman–Crippen LogP) is 7.62. The molecule has 4 nitrogen and oxygen atoms in total. The molecule has 0 atom stereocenters. The zero-order chi connectivity index (χ0) is 27.9. The largest absolute Gasteiger partial charge is 0.465 e. The molecule has 4 rings (SSSR count). The number of carbonyl (C=O) groups excluding carboxylic acids is 2. The van der Waals surface area contributed by atoms with E-state index >= 15 is 0 Å². The van der Waals surface area contributed by atoms with Crippen molar-refractivity contribution >= 4 is 11.8 Å². The van der Waals surface area contributed by atoms with Gasteiger partial charge in [0.25, 0.3) is 0 Å². The summed E-state index contributed by atoms with van der Waals surface area (Å²) in [4.78, 5) is 24.0. The van der Waals surface area contributed by atoms with Crippen molar-refractivity contribution in [1.82, 2.24) is 0 Å². The lowest BCUT2D eigenvalue weighted by Gasteiger charge is -2.41. The normalized spacial score (nSPS) is 17.9. The smallest absolute Gasteiger partial charge is 0.302 e. The average molecular weight is 527 g/mol. The highest BCUT2D eigenvalue weighted by Crippen LogP contribution is 2.45. The number of Topliss-reactive ketones (excluding diaryl/α,β-unsaturated/α-hetero) is 1. The Kier molecular flexibility index (Phi) is 9.40. The van der Waals surface area contributed by atoms with Gasteiger partial charge in [0.1, 0.15) is 12.2 Å². The Morgan fingerprint density at radius 1 is 0.795 bits per heavy atom. The molecule has 0 aromatic heterocycles. The fraction of sp³-hybridized carbons (Fsp3) is 0.429. The van der Waals surface area contributed by atoms with Crippen LogP contribution in [0.3, 0.4) is 0 Å². The summed E-state index contributed by atoms with van der Waals surface area (Å²) in [5.41, 5.74) is 2.42. The maximum Gasteiger partial charge on any atom is 0.302 e. The number of carbonyl (C=O) groups is 2. The van der Waals surface area contributed by atoms with E-state index in [1.807, 2.05) is 98.8 Å². The van der Waals surface area contributed by atoms with Gasteiger partial charge in [-0.25, -0.2) is 0 Å². The van der Waals surface area contributed by atoms with Crippen LogP contribution >= 0.6 is 0 Å². The maximum absolute atomic E-state index is 12.9. The van der Waals surface area contributed by atoms with Gasteiger partial charge in [0.15, 0.2) is 5.78 Å². The van der Waals surface area contributed by atoms with Crippen molar-refractivity contribution in [2.45, 2.75) is 76.7 Å². The minimum atomic E-state index is -0.984. The molecule has 0 radical (unpaired) electrons. The Morgan fingerprint density at radius 3 is 1.85 bits per heavy atom. The Bertz CT molecular complexity index is 1170. The number of ketones is 1. The Morgan fingerprint density at radius 2 is 1.33 bits per heavy atom. The molecule has 0 bridgehead atoms. The first-order valence-corrected chi connectivity index (χ1v) is 14.3. The lowest BCUT2D eigenvalue weighted by molar-refractivity contribution is -0.142. The van der Waals surface area contributed by atoms with Gasteiger partial charge in [0, 0.05) is 24.3 Å². The first-order chi connectivity index (χ1) is 18.7. The quantitative estimate of drug-likeness (QED) is 0.206. The van der Waals surface area contributed by atoms with Crippen molar-refractivity contribution in [2.24, 2.45) is 11.8 Å². The van der Waals surface area contributed by atoms with E-state index in [1.54, 1.807) is 0 Å². The van der Waals surface area contributed by atoms with Crippen molar-refractivity contribution in [3.63, 3.8) is 0 Å². The monoisotopic (exact) mass is 526 g/mol. The van der Waals surface area contributed by atoms with Crippen LogP contribution in [0.15, 0.2) is 84.9 Å². The summed E-state index contributed by atoms with van der Waals surface area (Å²) in [6, 6.07) is 27.9. The highest BCUT2D eigenvalue weighted by Gasteiger charge is 2.41. The van der Waals surface area contributed by atoms with Crippen LogP contribution in [0.4, 0.5) is 0 Å². The summed E-state index contributed by atoms with van der Waals surface area (Å²) in [6.07, 6.45) is 6.58. The Balaban J connectivity index is 1.29. The zero-order valence-electron chi connectivity index (χ0n) is 23.6. The van der Waals surface area contributed by atoms with Gasteiger partial charge in [-0.2, -0.15) is 0 Å². The number of aliphatic hydroxyl groups is 1. The lowest BCUT2D eigenvalue weighted by atomic mass is 9.67. The molecular weight excluding hydrogens is 484 g/mol. The van der Waals surface area contributed by atoms with Crippen molar-refractivity contribution in [1.29, 1.82) is 0 Å². The van der Waals surface area contributed by atoms with Crippen molar-refractivity contribution in [3.05, 3.63) is 107 Å². The molecule has 1 fully saturated rings. The summed E-state index contributed by atoms with van der Waals surface area (Å²) in [5, 5.41) is 12.1. The molecule has 0 heterocycles. The number of esters is 1. The number of ether oxygens (including phenoxy) is 1. The Labute approximate surface area is 233 Å². The lowest BCUT2D eigenvalue weighted by Crippen LogP contribution is -2.38. The van der Waals surface area contributed by atoms with E-state index in [4.69, 9.17) is 4.74 Å². The highest BCUT2D eigenvalue weighted by molar-refractivity contribution is 5.96. The number of hydrogen-bond donors (Lipinski definition) is 1. The number of rotatable bonds is 11. The molecule has 1 N–H and O–H groups in total. The van der Waals surface area contributed by atoms with Gasteiger partial charge < -0.3 is 9.84 Å². The summed E-state index contributed by atoms with van der Waals surface area (Å²) in [7, 11) is 0. The van der Waals surface area contributed by atoms with E-state index in [2.05, 4.69) is 0 Å². The van der Waals surface area contributed by atoms with Crippen molar-refractivity contribution in [2.75, 3.05) is 6.61 Å². The van der Waals surface area contributed by atoms with Crippen LogP contribution < -0.4 is 0 Å². The summed E-state index contributed by atoms with van der Waals surface area (Å²) < 4.78 is 5.20. The predicted molar refractivity (Wildman–Crippen MR) is 156 cm³/mol. The van der Waals surface area contributed by atoms with Crippen LogP contribution in [0.2, 0.25) is 0 Å². The van der Waals surface area contributed by atoms with E-state index < -0.39 is 5.60 Å². The Hall–Kier alpha value is -3.24. The van der Waals surface area contributed by atoms with Gasteiger partial charge in [0.2, 0.25) is 0 Å². The molecule has 39 heavy (non-hydrogen) atoms. The van der Waals surface area contributed by atoms with Crippen LogP contribution in [-0.4, -0.2) is 23.5 Å². The molecule has 0 unspecified atom stereocenters. The second-order valence-corrected chi connectivity index (χ2v) is 11.8. The minimum Gasteiger partial charge on any atom is -0.465 e. The van der Waals surface area contributed by atoms with Crippen LogP contribution in [0.1, 0.15) is 92.8 Å². The molecule has 4 heteroatoms. The van der Waals surface area contributed by atoms with E-state index in [0.29, 0.717) is 18.9 Å². The van der Waals surface area contributed by atoms with E-state index in [0.717, 1.165) is 60.8 Å². The van der Waals surface area contributed by atoms with Gasteiger partial charge in [0.05, 0.1) is 0 Å². The maximum atomic E-state index is 12.9. The number of benzene rings is 3. The summed E-state index contributed by atoms with van der Waals surface area (Å²) >= 11 is 0. The van der Waals surface area contributed by atoms with Crippen molar-refractivity contribution < 1.29 is 19.4 Å². The number of hydrogen-bond acceptors (Lipinski definition) is 4. The molecule has 0 amide bonds. The fourth-order valence-electron chi connectivity index (χ4n) is 6.06. The van der Waals surface area contributed by atoms with Gasteiger partial charge in [-0.15, -0.1) is 0 Å². The standard InChI is InChI=1S/C35H42O4/c1-26(36)39-25-34(2,3)29-23-19-28(20-24-29)33(37)16-10-11-27-17-21-32(22-18-27)35(38,30-12-6-4-7-13-30)31-14-8-5-9-15-31/h4-9,12-15,19-20,23-24,27,32,38H,10-11,16-18,21-22,25H2,1-3H3. The summed E-state index contributed by atoms with van der Waals surface area (Å²) in [6.45, 7) is 5.79. The van der Waals surface area contributed by atoms with E-state index in [9.17, 15) is 14.7 Å². The molecule has 0 aliphatic heterocycles. The molecule has 3 aromatic carbocycles. The van der Waals surface area contributed by atoms with Crippen LogP contribution in [0, 0.1) is 11.8 Å². The van der Waals surface area contributed by atoms with E-state index in [-0.39, 0.29) is 23.1 Å². The van der Waals surface area contributed by atoms with Crippen LogP contribution in [0.25, 0.3) is 0 Å². The van der Waals surface area contributed by atoms with Crippen LogP contribution in [-0.2, 0) is 20.5 Å². The molecule has 0 saturated heterocycles. The molecule has 1 saturated carbocycles. The van der Waals surface area contributed by atoms with Gasteiger partial charge in [-0.3, -0.25) is 9.59 Å². The summed E-state index contributed by atoms with van der Waals surface area (Å²) in [5.74, 6) is 0.653. The van der Waals surface area contributed by atoms with Crippen LogP contribution in [0.5, 0.6) is 0 Å². The molecule has 1 aliphatic rings. The second kappa shape index (κ2) is 12.7. The first kappa shape index (κ1) is 28.8. The molecule has 1 aliphatic carbocycles. The average Bonchev–Trinajstić information content (AvgIpc) is 2.97.